The molecule has 89 heavy (non-hydrogen) atoms. The fourth-order valence-electron chi connectivity index (χ4n) is 11.3. The van der Waals surface area contributed by atoms with Gasteiger partial charge < -0.3 is 30.9 Å². The van der Waals surface area contributed by atoms with E-state index in [-0.39, 0.29) is 36.5 Å². The number of fused-ring (bicyclic) bond motifs is 3. The lowest BCUT2D eigenvalue weighted by molar-refractivity contribution is -0.761. The summed E-state index contributed by atoms with van der Waals surface area (Å²) >= 11 is 0. The molecule has 1 unspecified atom stereocenters. The zero-order valence-electron chi connectivity index (χ0n) is 48.7. The van der Waals surface area contributed by atoms with Crippen LogP contribution in [0.1, 0.15) is 74.1 Å². The minimum Gasteiger partial charge on any atom is -0.369 e. The van der Waals surface area contributed by atoms with Gasteiger partial charge in [0.2, 0.25) is 11.9 Å². The van der Waals surface area contributed by atoms with Crippen molar-refractivity contribution in [3.05, 3.63) is 198 Å². The van der Waals surface area contributed by atoms with Crippen LogP contribution in [-0.4, -0.2) is 125 Å². The van der Waals surface area contributed by atoms with Gasteiger partial charge >= 0.3 is 5.95 Å². The van der Waals surface area contributed by atoms with Crippen LogP contribution in [0.5, 0.6) is 0 Å². The van der Waals surface area contributed by atoms with E-state index in [0.29, 0.717) is 77.3 Å². The molecule has 15 rings (SSSR count). The van der Waals surface area contributed by atoms with Crippen molar-refractivity contribution in [2.24, 2.45) is 7.05 Å². The first-order valence-electron chi connectivity index (χ1n) is 29.6. The molecule has 1 atom stereocenters. The fraction of sp³-hybridized carbons (Fsp3) is 0.215. The number of H-pyrrole nitrogens is 1. The van der Waals surface area contributed by atoms with E-state index < -0.39 is 0 Å². The Kier molecular flexibility index (Phi) is 14.1. The minimum atomic E-state index is -0.328. The molecular formula is C65H61N20O4+. The molecule has 444 valence electrons. The van der Waals surface area contributed by atoms with E-state index in [9.17, 15) is 14.4 Å². The molecule has 24 nitrogen and oxygen atoms in total. The van der Waals surface area contributed by atoms with Gasteiger partial charge in [0, 0.05) is 104 Å². The number of aromatic nitrogens is 13. The Bertz CT molecular complexity index is 4600. The molecular weight excluding hydrogens is 1120 g/mol. The summed E-state index contributed by atoms with van der Waals surface area (Å²) in [7, 11) is 3.65. The first kappa shape index (κ1) is 54.5. The van der Waals surface area contributed by atoms with Crippen LogP contribution >= 0.6 is 0 Å². The number of hydrogen-bond acceptors (Lipinski definition) is 15. The van der Waals surface area contributed by atoms with Gasteiger partial charge in [0.25, 0.3) is 23.4 Å². The zero-order chi connectivity index (χ0) is 60.1. The van der Waals surface area contributed by atoms with Crippen molar-refractivity contribution in [1.29, 1.82) is 0 Å². The number of carbonyl (C=O) groups is 3. The summed E-state index contributed by atoms with van der Waals surface area (Å²) in [6.45, 7) is 2.71. The SMILES string of the molecule is CN(C[n+]1c(Nc2ccc(C(=O)NC3CC3)cc2)nc2c(-c3ccnn3C)cccn21)C(=O)c1ccc(-c2ccc(C3CN(Cc4ccc(-c5cccn6nc(Nc7ccc(C(=O)NC8CC8)cc7)nc56)cc4)CCO3)n3nc(Nc4cn[nH]c4)nc23)cc1. The average molecular weight is 1190 g/mol. The Morgan fingerprint density at radius 2 is 1.30 bits per heavy atom. The number of rotatable bonds is 19. The lowest BCUT2D eigenvalue weighted by atomic mass is 10.0. The standard InChI is InChI=1S/C65H60N20O4/c1-79(39-84-65(73-49-21-17-44(18-22-49)61(87)70-47-25-26-47)76-58-53(6-4-32-83(58)84)54-29-30-68-80(54)2)62(88)45-13-11-42(12-14-45)52-27-28-55(85-59(52)75-64(78-85)72-50-35-66-67-36-50)56-38-81(33-34-89-56)37-40-7-9-41(10-8-40)51-5-3-31-82-57(51)74-63(77-82)71-48-19-15-43(16-20-48)60(86)69-46-23-24-46/h3-22,27-32,35-36,46-47,56H,23-26,33-34,37-39H2,1-2H3,(H5,66,67,69,70,71,72,77,78,86,87)/p+1. The van der Waals surface area contributed by atoms with Crippen LogP contribution in [0, 0.1) is 0 Å². The number of amides is 3. The molecule has 1 aliphatic heterocycles. The quantitative estimate of drug-likeness (QED) is 0.0415. The second-order valence-corrected chi connectivity index (χ2v) is 22.8. The Morgan fingerprint density at radius 1 is 0.663 bits per heavy atom. The predicted molar refractivity (Wildman–Crippen MR) is 333 cm³/mol. The molecule has 4 aromatic carbocycles. The number of carbonyl (C=O) groups excluding carboxylic acids is 3. The van der Waals surface area contributed by atoms with E-state index in [1.54, 1.807) is 51.9 Å². The molecule has 6 N–H and O–H groups in total. The topological polar surface area (TPSA) is 255 Å². The number of morpholine rings is 1. The maximum atomic E-state index is 14.5. The Hall–Kier alpha value is -11.1. The molecule has 2 saturated carbocycles. The third-order valence-electron chi connectivity index (χ3n) is 16.3. The molecule has 3 aliphatic rings. The van der Waals surface area contributed by atoms with Gasteiger partial charge in [-0.15, -0.1) is 14.9 Å². The number of nitrogens with one attached hydrogen (secondary N) is 6. The molecule has 2 aliphatic carbocycles. The van der Waals surface area contributed by atoms with Crippen molar-refractivity contribution in [2.75, 3.05) is 42.7 Å². The number of ether oxygens (including phenoxy) is 1. The normalized spacial score (nSPS) is 15.1. The highest BCUT2D eigenvalue weighted by molar-refractivity contribution is 5.96. The van der Waals surface area contributed by atoms with Gasteiger partial charge in [-0.3, -0.25) is 29.1 Å². The minimum absolute atomic E-state index is 0.0567. The monoisotopic (exact) mass is 1190 g/mol. The average Bonchev–Trinajstić information content (AvgIpc) is 1.82. The van der Waals surface area contributed by atoms with Crippen LogP contribution in [0.2, 0.25) is 0 Å². The molecule has 1 saturated heterocycles. The first-order chi connectivity index (χ1) is 43.6. The number of aryl methyl sites for hydroxylation is 1. The molecule has 3 fully saturated rings. The molecule has 12 aromatic rings. The summed E-state index contributed by atoms with van der Waals surface area (Å²) in [4.78, 5) is 58.8. The van der Waals surface area contributed by atoms with E-state index in [4.69, 9.17) is 29.9 Å². The van der Waals surface area contributed by atoms with E-state index in [1.165, 1.54) is 0 Å². The number of aromatic amines is 1. The summed E-state index contributed by atoms with van der Waals surface area (Å²) in [5.41, 5.74) is 13.2. The molecule has 24 heteroatoms. The molecule has 0 bridgehead atoms. The number of anilines is 6. The van der Waals surface area contributed by atoms with Crippen molar-refractivity contribution in [1.82, 2.24) is 79.1 Å². The Balaban J connectivity index is 0.646. The van der Waals surface area contributed by atoms with Crippen molar-refractivity contribution >= 4 is 69.6 Å². The highest BCUT2D eigenvalue weighted by atomic mass is 16.5. The van der Waals surface area contributed by atoms with E-state index in [2.05, 4.69) is 71.0 Å². The van der Waals surface area contributed by atoms with Gasteiger partial charge in [0.1, 0.15) is 6.10 Å². The van der Waals surface area contributed by atoms with Gasteiger partial charge in [-0.1, -0.05) is 36.4 Å². The molecule has 3 amide bonds. The molecule has 9 heterocycles. The lowest BCUT2D eigenvalue weighted by Crippen LogP contribution is -2.49. The van der Waals surface area contributed by atoms with Crippen molar-refractivity contribution in [3.63, 3.8) is 0 Å². The van der Waals surface area contributed by atoms with Crippen molar-refractivity contribution < 1.29 is 23.8 Å². The first-order valence-corrected chi connectivity index (χ1v) is 29.6. The largest absolute Gasteiger partial charge is 0.418 e. The molecule has 0 radical (unpaired) electrons. The van der Waals surface area contributed by atoms with Gasteiger partial charge in [0.05, 0.1) is 41.1 Å². The van der Waals surface area contributed by atoms with E-state index in [0.717, 1.165) is 94.0 Å². The smallest absolute Gasteiger partial charge is 0.369 e. The highest BCUT2D eigenvalue weighted by Gasteiger charge is 2.30. The fourth-order valence-corrected chi connectivity index (χ4v) is 11.3. The number of hydrogen-bond donors (Lipinski definition) is 6. The van der Waals surface area contributed by atoms with Crippen molar-refractivity contribution in [2.45, 2.75) is 57.1 Å². The van der Waals surface area contributed by atoms with Gasteiger partial charge in [-0.2, -0.15) is 24.7 Å². The number of pyridine rings is 3. The van der Waals surface area contributed by atoms with Gasteiger partial charge in [-0.05, 0) is 150 Å². The molecule has 0 spiro atoms. The predicted octanol–water partition coefficient (Wildman–Crippen LogP) is 8.48. The maximum Gasteiger partial charge on any atom is 0.418 e. The summed E-state index contributed by atoms with van der Waals surface area (Å²) in [6.07, 6.45) is 12.7. The van der Waals surface area contributed by atoms with Crippen LogP contribution in [0.4, 0.5) is 34.9 Å². The maximum absolute atomic E-state index is 14.5. The van der Waals surface area contributed by atoms with E-state index >= 15 is 0 Å². The summed E-state index contributed by atoms with van der Waals surface area (Å²) < 4.78 is 15.8. The second-order valence-electron chi connectivity index (χ2n) is 22.8. The Morgan fingerprint density at radius 3 is 1.99 bits per heavy atom. The van der Waals surface area contributed by atoms with Gasteiger partial charge in [0.15, 0.2) is 18.0 Å². The van der Waals surface area contributed by atoms with Crippen LogP contribution < -0.4 is 31.3 Å². The number of benzene rings is 4. The van der Waals surface area contributed by atoms with Crippen LogP contribution in [0.25, 0.3) is 50.5 Å². The van der Waals surface area contributed by atoms with Crippen LogP contribution in [-0.2, 0) is 25.0 Å². The summed E-state index contributed by atoms with van der Waals surface area (Å²) in [5.74, 6) is 0.977. The summed E-state index contributed by atoms with van der Waals surface area (Å²) in [5, 5.41) is 37.2. The summed E-state index contributed by atoms with van der Waals surface area (Å²) in [6, 6.07) is 45.3. The highest BCUT2D eigenvalue weighted by Crippen LogP contribution is 2.33. The number of nitrogens with zero attached hydrogens (tertiary/aromatic N) is 14. The lowest BCUT2D eigenvalue weighted by Gasteiger charge is -2.33. The molecule has 8 aromatic heterocycles. The van der Waals surface area contributed by atoms with E-state index in [1.807, 2.05) is 136 Å². The third-order valence-corrected chi connectivity index (χ3v) is 16.3. The zero-order valence-corrected chi connectivity index (χ0v) is 48.7. The third kappa shape index (κ3) is 11.4. The van der Waals surface area contributed by atoms with Crippen molar-refractivity contribution in [3.8, 4) is 33.5 Å². The van der Waals surface area contributed by atoms with Crippen LogP contribution in [0.15, 0.2) is 171 Å². The van der Waals surface area contributed by atoms with Crippen LogP contribution in [0.3, 0.4) is 0 Å². The second kappa shape index (κ2) is 23.0. The Labute approximate surface area is 509 Å². The van der Waals surface area contributed by atoms with Gasteiger partial charge in [-0.25, -0.2) is 14.3 Å².